The maximum Gasteiger partial charge on any atom is 0.138 e. The van der Waals surface area contributed by atoms with Crippen LogP contribution in [0.5, 0.6) is 0 Å². The van der Waals surface area contributed by atoms with Gasteiger partial charge in [-0.05, 0) is 18.6 Å². The molecule has 1 atom stereocenters. The van der Waals surface area contributed by atoms with Gasteiger partial charge in [0.15, 0.2) is 0 Å². The lowest BCUT2D eigenvalue weighted by Gasteiger charge is -2.18. The molecule has 0 bridgehead atoms. The highest BCUT2D eigenvalue weighted by molar-refractivity contribution is 5.60. The number of carbonyl (C=O) groups excluding carboxylic acids is 1. The number of rotatable bonds is 2. The number of benzene rings is 1. The van der Waals surface area contributed by atoms with E-state index in [1.165, 1.54) is 0 Å². The number of aldehydes is 1. The number of para-hydroxylation sites is 1. The average molecular weight is 176 g/mol. The molecule has 3 nitrogen and oxygen atoms in total. The van der Waals surface area contributed by atoms with Gasteiger partial charge in [-0.2, -0.15) is 0 Å². The second-order valence-electron chi connectivity index (χ2n) is 3.15. The zero-order chi connectivity index (χ0) is 9.10. The van der Waals surface area contributed by atoms with Crippen molar-refractivity contribution in [3.05, 3.63) is 30.3 Å². The Labute approximate surface area is 77.3 Å². The Morgan fingerprint density at radius 2 is 2.15 bits per heavy atom. The highest BCUT2D eigenvalue weighted by Gasteiger charge is 2.20. The molecule has 1 N–H and O–H groups in total. The Morgan fingerprint density at radius 1 is 1.38 bits per heavy atom. The molecule has 1 aliphatic rings. The largest absolute Gasteiger partial charge is 0.308 e. The molecule has 1 unspecified atom stereocenters. The molecule has 68 valence electrons. The summed E-state index contributed by atoms with van der Waals surface area (Å²) in [5.74, 6) is 0. The van der Waals surface area contributed by atoms with Crippen LogP contribution in [-0.4, -0.2) is 18.9 Å². The van der Waals surface area contributed by atoms with Crippen molar-refractivity contribution in [2.24, 2.45) is 0 Å². The number of hydrogen-bond acceptors (Lipinski definition) is 3. The summed E-state index contributed by atoms with van der Waals surface area (Å²) in [4.78, 5) is 10.5. The third-order valence-electron chi connectivity index (χ3n) is 2.22. The third kappa shape index (κ3) is 1.70. The Morgan fingerprint density at radius 3 is 2.77 bits per heavy atom. The van der Waals surface area contributed by atoms with E-state index in [9.17, 15) is 4.79 Å². The number of carbonyl (C=O) groups is 1. The van der Waals surface area contributed by atoms with Crippen LogP contribution in [0.1, 0.15) is 6.42 Å². The summed E-state index contributed by atoms with van der Waals surface area (Å²) in [6.07, 6.45) is 1.85. The monoisotopic (exact) mass is 176 g/mol. The molecule has 1 fully saturated rings. The van der Waals surface area contributed by atoms with Crippen LogP contribution in [-0.2, 0) is 4.79 Å². The van der Waals surface area contributed by atoms with Crippen LogP contribution in [0.3, 0.4) is 0 Å². The van der Waals surface area contributed by atoms with Gasteiger partial charge in [-0.1, -0.05) is 18.2 Å². The van der Waals surface area contributed by atoms with E-state index in [1.54, 1.807) is 0 Å². The quantitative estimate of drug-likeness (QED) is 0.681. The summed E-state index contributed by atoms with van der Waals surface area (Å²) in [7, 11) is 0. The van der Waals surface area contributed by atoms with Gasteiger partial charge in [0, 0.05) is 6.54 Å². The minimum atomic E-state index is -0.0137. The Bertz CT molecular complexity index is 286. The third-order valence-corrected chi connectivity index (χ3v) is 2.22. The van der Waals surface area contributed by atoms with Crippen LogP contribution in [0.15, 0.2) is 30.3 Å². The molecule has 3 heteroatoms. The zero-order valence-electron chi connectivity index (χ0n) is 7.31. The smallest absolute Gasteiger partial charge is 0.138 e. The van der Waals surface area contributed by atoms with E-state index in [1.807, 2.05) is 35.3 Å². The second kappa shape index (κ2) is 3.58. The number of nitrogens with one attached hydrogen (secondary N) is 1. The predicted octanol–water partition coefficient (Wildman–Crippen LogP) is 0.969. The van der Waals surface area contributed by atoms with Gasteiger partial charge in [0.1, 0.15) is 6.29 Å². The van der Waals surface area contributed by atoms with Crippen molar-refractivity contribution < 1.29 is 4.79 Å². The van der Waals surface area contributed by atoms with Gasteiger partial charge in [0.05, 0.1) is 11.7 Å². The van der Waals surface area contributed by atoms with Gasteiger partial charge in [0.25, 0.3) is 0 Å². The first-order valence-electron chi connectivity index (χ1n) is 4.44. The lowest BCUT2D eigenvalue weighted by atomic mass is 10.3. The van der Waals surface area contributed by atoms with E-state index < -0.39 is 0 Å². The Kier molecular flexibility index (Phi) is 2.27. The predicted molar refractivity (Wildman–Crippen MR) is 51.4 cm³/mol. The summed E-state index contributed by atoms with van der Waals surface area (Å²) in [6.45, 7) is 0.896. The number of hydrazine groups is 1. The van der Waals surface area contributed by atoms with Crippen molar-refractivity contribution in [3.8, 4) is 0 Å². The standard InChI is InChI=1S/C10H12N2O/c13-8-9-6-7-12(11-9)10-4-2-1-3-5-10/h1-5,8-9,11H,6-7H2. The molecular weight excluding hydrogens is 164 g/mol. The van der Waals surface area contributed by atoms with Crippen molar-refractivity contribution >= 4 is 12.0 Å². The van der Waals surface area contributed by atoms with Gasteiger partial charge in [-0.3, -0.25) is 0 Å². The summed E-state index contributed by atoms with van der Waals surface area (Å²) >= 11 is 0. The molecule has 0 aromatic heterocycles. The van der Waals surface area contributed by atoms with Crippen LogP contribution in [0.25, 0.3) is 0 Å². The maximum absolute atomic E-state index is 10.5. The number of anilines is 1. The zero-order valence-corrected chi connectivity index (χ0v) is 7.31. The van der Waals surface area contributed by atoms with Crippen LogP contribution in [0.2, 0.25) is 0 Å². The molecule has 1 heterocycles. The Hall–Kier alpha value is -1.35. The first-order chi connectivity index (χ1) is 6.40. The molecule has 2 rings (SSSR count). The van der Waals surface area contributed by atoms with Crippen molar-refractivity contribution in [3.63, 3.8) is 0 Å². The molecule has 13 heavy (non-hydrogen) atoms. The van der Waals surface area contributed by atoms with Crippen LogP contribution < -0.4 is 10.4 Å². The first-order valence-corrected chi connectivity index (χ1v) is 4.44. The highest BCUT2D eigenvalue weighted by Crippen LogP contribution is 2.15. The van der Waals surface area contributed by atoms with Crippen LogP contribution >= 0.6 is 0 Å². The van der Waals surface area contributed by atoms with Crippen molar-refractivity contribution in [2.45, 2.75) is 12.5 Å². The summed E-state index contributed by atoms with van der Waals surface area (Å²) < 4.78 is 0. The Balaban J connectivity index is 2.08. The fourth-order valence-corrected chi connectivity index (χ4v) is 1.51. The van der Waals surface area contributed by atoms with Crippen LogP contribution in [0.4, 0.5) is 5.69 Å². The molecule has 1 aliphatic heterocycles. The minimum Gasteiger partial charge on any atom is -0.308 e. The topological polar surface area (TPSA) is 32.3 Å². The lowest BCUT2D eigenvalue weighted by Crippen LogP contribution is -2.36. The van der Waals surface area contributed by atoms with Crippen molar-refractivity contribution in [1.29, 1.82) is 0 Å². The van der Waals surface area contributed by atoms with E-state index in [4.69, 9.17) is 0 Å². The summed E-state index contributed by atoms with van der Waals surface area (Å²) in [5.41, 5.74) is 4.24. The SMILES string of the molecule is O=CC1CCN(c2ccccc2)N1. The number of nitrogens with zero attached hydrogens (tertiary/aromatic N) is 1. The van der Waals surface area contributed by atoms with E-state index in [0.717, 1.165) is 24.9 Å². The van der Waals surface area contributed by atoms with E-state index in [-0.39, 0.29) is 6.04 Å². The summed E-state index contributed by atoms with van der Waals surface area (Å²) in [6, 6.07) is 10.0. The number of hydrogen-bond donors (Lipinski definition) is 1. The normalized spacial score (nSPS) is 21.8. The van der Waals surface area contributed by atoms with Crippen molar-refractivity contribution in [1.82, 2.24) is 5.43 Å². The first kappa shape index (κ1) is 8.26. The maximum atomic E-state index is 10.5. The highest BCUT2D eigenvalue weighted by atomic mass is 16.1. The molecule has 0 aliphatic carbocycles. The van der Waals surface area contributed by atoms with E-state index >= 15 is 0 Å². The fourth-order valence-electron chi connectivity index (χ4n) is 1.51. The second-order valence-corrected chi connectivity index (χ2v) is 3.15. The average Bonchev–Trinajstić information content (AvgIpc) is 2.67. The molecule has 1 saturated heterocycles. The molecule has 1 aromatic carbocycles. The summed E-state index contributed by atoms with van der Waals surface area (Å²) in [5, 5.41) is 2.01. The van der Waals surface area contributed by atoms with Gasteiger partial charge in [0.2, 0.25) is 0 Å². The van der Waals surface area contributed by atoms with Crippen LogP contribution in [0, 0.1) is 0 Å². The van der Waals surface area contributed by atoms with Crippen molar-refractivity contribution in [2.75, 3.05) is 11.6 Å². The molecule has 0 radical (unpaired) electrons. The minimum absolute atomic E-state index is 0.0137. The molecular formula is C10H12N2O. The van der Waals surface area contributed by atoms with Gasteiger partial charge >= 0.3 is 0 Å². The fraction of sp³-hybridized carbons (Fsp3) is 0.300. The van der Waals surface area contributed by atoms with Gasteiger partial charge in [-0.25, -0.2) is 5.43 Å². The van der Waals surface area contributed by atoms with E-state index in [0.29, 0.717) is 0 Å². The lowest BCUT2D eigenvalue weighted by molar-refractivity contribution is -0.109. The molecule has 1 aromatic rings. The van der Waals surface area contributed by atoms with E-state index in [2.05, 4.69) is 5.43 Å². The molecule has 0 spiro atoms. The molecule has 0 saturated carbocycles. The van der Waals surface area contributed by atoms with Gasteiger partial charge < -0.3 is 9.80 Å². The molecule has 0 amide bonds. The van der Waals surface area contributed by atoms with Gasteiger partial charge in [-0.15, -0.1) is 0 Å².